The van der Waals surface area contributed by atoms with Crippen LogP contribution >= 0.6 is 23.8 Å². The summed E-state index contributed by atoms with van der Waals surface area (Å²) in [5.41, 5.74) is 4.86. The molecule has 0 unspecified atom stereocenters. The summed E-state index contributed by atoms with van der Waals surface area (Å²) in [5.74, 6) is -0.709. The topological polar surface area (TPSA) is 71.4 Å². The summed E-state index contributed by atoms with van der Waals surface area (Å²) < 4.78 is 20.8. The number of rotatable bonds is 7. The molecule has 2 N–H and O–H groups in total. The first-order chi connectivity index (χ1) is 18.4. The maximum Gasteiger partial charge on any atom is 0.250 e. The number of nitrogens with one attached hydrogen (secondary N) is 2. The molecule has 1 aliphatic rings. The molecular formula is C28H25ClFN5O2S. The van der Waals surface area contributed by atoms with E-state index in [0.717, 1.165) is 28.3 Å². The fourth-order valence-electron chi connectivity index (χ4n) is 4.69. The number of carbonyl (C=O) groups is 1. The number of methoxy groups -OCH3 is 1. The molecule has 0 aliphatic carbocycles. The molecule has 1 saturated heterocycles. The van der Waals surface area contributed by atoms with Crippen molar-refractivity contribution in [1.29, 1.82) is 0 Å². The molecule has 2 aromatic carbocycles. The number of aromatic nitrogens is 2. The molecule has 1 fully saturated rings. The molecule has 194 valence electrons. The van der Waals surface area contributed by atoms with Gasteiger partial charge in [-0.2, -0.15) is 0 Å². The zero-order valence-corrected chi connectivity index (χ0v) is 22.3. The van der Waals surface area contributed by atoms with Crippen LogP contribution in [-0.4, -0.2) is 34.3 Å². The molecule has 3 heterocycles. The summed E-state index contributed by atoms with van der Waals surface area (Å²) in [4.78, 5) is 18.7. The number of nitrogens with zero attached hydrogens (tertiary/aromatic N) is 3. The van der Waals surface area contributed by atoms with Crippen LogP contribution in [-0.2, 0) is 9.53 Å². The Labute approximate surface area is 230 Å². The zero-order chi connectivity index (χ0) is 26.8. The van der Waals surface area contributed by atoms with Gasteiger partial charge in [0, 0.05) is 42.3 Å². The molecule has 0 spiro atoms. The molecule has 1 amide bonds. The van der Waals surface area contributed by atoms with Gasteiger partial charge in [-0.25, -0.2) is 4.39 Å². The Morgan fingerprint density at radius 3 is 2.68 bits per heavy atom. The molecule has 7 nitrogen and oxygen atoms in total. The highest BCUT2D eigenvalue weighted by molar-refractivity contribution is 7.80. The van der Waals surface area contributed by atoms with Gasteiger partial charge in [0.2, 0.25) is 5.91 Å². The number of ether oxygens (including phenoxy) is 1. The van der Waals surface area contributed by atoms with Crippen LogP contribution in [0, 0.1) is 12.7 Å². The van der Waals surface area contributed by atoms with Crippen LogP contribution < -0.4 is 15.5 Å². The molecular weight excluding hydrogens is 525 g/mol. The standard InChI is InChI=1S/C28H25ClFN5O2S/c1-17-14-19(9-11-22(17)32-25(36)16-37-2)35-27(26(33-28(35)38)23-6-3-4-12-31-23)24-7-5-13-34(24)18-8-10-21(30)20(29)15-18/h3-15,26-27H,16H2,1-2H3,(H,32,36)(H,33,38)/t26-,27+/m1/s1. The number of amides is 1. The smallest absolute Gasteiger partial charge is 0.250 e. The molecule has 0 saturated carbocycles. The third kappa shape index (κ3) is 5.00. The van der Waals surface area contributed by atoms with Crippen molar-refractivity contribution < 1.29 is 13.9 Å². The number of hydrogen-bond acceptors (Lipinski definition) is 4. The Hall–Kier alpha value is -3.79. The van der Waals surface area contributed by atoms with E-state index in [0.29, 0.717) is 10.8 Å². The number of halogens is 2. The third-order valence-corrected chi connectivity index (χ3v) is 7.00. The van der Waals surface area contributed by atoms with E-state index >= 15 is 0 Å². The highest BCUT2D eigenvalue weighted by atomic mass is 35.5. The average Bonchev–Trinajstić information content (AvgIpc) is 3.52. The summed E-state index contributed by atoms with van der Waals surface area (Å²) in [6.07, 6.45) is 3.66. The molecule has 0 radical (unpaired) electrons. The Balaban J connectivity index is 1.59. The van der Waals surface area contributed by atoms with Gasteiger partial charge in [-0.3, -0.25) is 9.78 Å². The first kappa shape index (κ1) is 25.8. The number of carbonyl (C=O) groups excluding carboxylic acids is 1. The SMILES string of the molecule is COCC(=O)Nc1ccc(N2C(=S)N[C@H](c3ccccn3)[C@@H]2c2cccn2-c2ccc(F)c(Cl)c2)cc1C. The van der Waals surface area contributed by atoms with E-state index in [1.807, 2.05) is 71.1 Å². The lowest BCUT2D eigenvalue weighted by atomic mass is 10.00. The Kier molecular flexibility index (Phi) is 7.42. The van der Waals surface area contributed by atoms with Crippen molar-refractivity contribution in [3.05, 3.63) is 107 Å². The van der Waals surface area contributed by atoms with Crippen molar-refractivity contribution in [2.24, 2.45) is 0 Å². The van der Waals surface area contributed by atoms with Crippen molar-refractivity contribution >= 4 is 46.2 Å². The van der Waals surface area contributed by atoms with Crippen LogP contribution in [0.15, 0.2) is 79.1 Å². The fourth-order valence-corrected chi connectivity index (χ4v) is 5.21. The zero-order valence-electron chi connectivity index (χ0n) is 20.7. The molecule has 2 atom stereocenters. The Morgan fingerprint density at radius 2 is 1.97 bits per heavy atom. The monoisotopic (exact) mass is 549 g/mol. The minimum atomic E-state index is -0.478. The number of benzene rings is 2. The summed E-state index contributed by atoms with van der Waals surface area (Å²) in [6.45, 7) is 1.90. The van der Waals surface area contributed by atoms with Crippen molar-refractivity contribution in [1.82, 2.24) is 14.9 Å². The fraction of sp³-hybridized carbons (Fsp3) is 0.179. The van der Waals surface area contributed by atoms with Gasteiger partial charge < -0.3 is 24.8 Å². The van der Waals surface area contributed by atoms with Crippen molar-refractivity contribution in [2.45, 2.75) is 19.0 Å². The lowest BCUT2D eigenvalue weighted by Gasteiger charge is -2.29. The quantitative estimate of drug-likeness (QED) is 0.287. The normalized spacial score (nSPS) is 16.9. The van der Waals surface area contributed by atoms with E-state index in [4.69, 9.17) is 28.6 Å². The molecule has 5 rings (SSSR count). The van der Waals surface area contributed by atoms with Gasteiger partial charge in [0.1, 0.15) is 18.5 Å². The van der Waals surface area contributed by atoms with Crippen LogP contribution in [0.1, 0.15) is 29.0 Å². The molecule has 2 aromatic heterocycles. The van der Waals surface area contributed by atoms with E-state index in [1.54, 1.807) is 18.3 Å². The molecule has 38 heavy (non-hydrogen) atoms. The van der Waals surface area contributed by atoms with E-state index in [2.05, 4.69) is 15.6 Å². The summed E-state index contributed by atoms with van der Waals surface area (Å²) in [6, 6.07) is 19.5. The largest absolute Gasteiger partial charge is 0.375 e. The predicted molar refractivity (Wildman–Crippen MR) is 150 cm³/mol. The summed E-state index contributed by atoms with van der Waals surface area (Å²) in [5, 5.41) is 6.89. The van der Waals surface area contributed by atoms with Gasteiger partial charge in [-0.15, -0.1) is 0 Å². The van der Waals surface area contributed by atoms with Crippen molar-refractivity contribution in [2.75, 3.05) is 23.9 Å². The number of aryl methyl sites for hydroxylation is 1. The van der Waals surface area contributed by atoms with E-state index in [1.165, 1.54) is 13.2 Å². The van der Waals surface area contributed by atoms with Gasteiger partial charge in [0.25, 0.3) is 0 Å². The summed E-state index contributed by atoms with van der Waals surface area (Å²) in [7, 11) is 1.48. The summed E-state index contributed by atoms with van der Waals surface area (Å²) >= 11 is 12.0. The molecule has 10 heteroatoms. The molecule has 1 aliphatic heterocycles. The van der Waals surface area contributed by atoms with E-state index in [9.17, 15) is 9.18 Å². The minimum Gasteiger partial charge on any atom is -0.375 e. The number of hydrogen-bond donors (Lipinski definition) is 2. The Morgan fingerprint density at radius 1 is 1.16 bits per heavy atom. The lowest BCUT2D eigenvalue weighted by Crippen LogP contribution is -2.30. The lowest BCUT2D eigenvalue weighted by molar-refractivity contribution is -0.119. The van der Waals surface area contributed by atoms with Crippen LogP contribution in [0.2, 0.25) is 5.02 Å². The van der Waals surface area contributed by atoms with Crippen LogP contribution in [0.25, 0.3) is 5.69 Å². The van der Waals surface area contributed by atoms with Crippen LogP contribution in [0.3, 0.4) is 0 Å². The second kappa shape index (κ2) is 10.9. The van der Waals surface area contributed by atoms with Crippen LogP contribution in [0.5, 0.6) is 0 Å². The van der Waals surface area contributed by atoms with Gasteiger partial charge >= 0.3 is 0 Å². The van der Waals surface area contributed by atoms with E-state index < -0.39 is 5.82 Å². The Bertz CT molecular complexity index is 1500. The first-order valence-corrected chi connectivity index (χ1v) is 12.7. The minimum absolute atomic E-state index is 0.0282. The van der Waals surface area contributed by atoms with Gasteiger partial charge in [-0.05, 0) is 85.4 Å². The number of anilines is 2. The van der Waals surface area contributed by atoms with Crippen molar-refractivity contribution in [3.8, 4) is 5.69 Å². The molecule has 4 aromatic rings. The average molecular weight is 550 g/mol. The van der Waals surface area contributed by atoms with Gasteiger partial charge in [0.05, 0.1) is 16.8 Å². The maximum absolute atomic E-state index is 13.9. The second-order valence-corrected chi connectivity index (χ2v) is 9.67. The predicted octanol–water partition coefficient (Wildman–Crippen LogP) is 5.74. The number of thiocarbonyl (C=S) groups is 1. The maximum atomic E-state index is 13.9. The third-order valence-electron chi connectivity index (χ3n) is 6.40. The second-order valence-electron chi connectivity index (χ2n) is 8.88. The molecule has 0 bridgehead atoms. The highest BCUT2D eigenvalue weighted by Gasteiger charge is 2.42. The van der Waals surface area contributed by atoms with E-state index in [-0.39, 0.29) is 29.6 Å². The van der Waals surface area contributed by atoms with Gasteiger partial charge in [-0.1, -0.05) is 17.7 Å². The number of pyridine rings is 1. The van der Waals surface area contributed by atoms with Crippen LogP contribution in [0.4, 0.5) is 15.8 Å². The van der Waals surface area contributed by atoms with Crippen molar-refractivity contribution in [3.63, 3.8) is 0 Å². The van der Waals surface area contributed by atoms with Gasteiger partial charge in [0.15, 0.2) is 5.11 Å². The highest BCUT2D eigenvalue weighted by Crippen LogP contribution is 2.43. The first-order valence-electron chi connectivity index (χ1n) is 11.9.